The average Bonchev–Trinajstić information content (AvgIpc) is 1.83. The number of urea groups is 1. The van der Waals surface area contributed by atoms with Crippen LogP contribution in [0.5, 0.6) is 0 Å². The van der Waals surface area contributed by atoms with Crippen molar-refractivity contribution >= 4 is 16.3 Å². The van der Waals surface area contributed by atoms with Crippen LogP contribution in [0.3, 0.4) is 0 Å². The van der Waals surface area contributed by atoms with E-state index >= 15 is 0 Å². The molecule has 0 aliphatic rings. The van der Waals surface area contributed by atoms with Crippen molar-refractivity contribution < 1.29 is 17.8 Å². The number of carbonyl (C=O) groups is 1. The lowest BCUT2D eigenvalue weighted by Crippen LogP contribution is -2.38. The molecule has 7 heteroatoms. The van der Waals surface area contributed by atoms with Gasteiger partial charge in [0, 0.05) is 14.1 Å². The Hall–Kier alpha value is -0.820. The van der Waals surface area contributed by atoms with E-state index in [9.17, 15) is 13.2 Å². The number of rotatable bonds is 1. The van der Waals surface area contributed by atoms with Crippen molar-refractivity contribution in [3.63, 3.8) is 0 Å². The van der Waals surface area contributed by atoms with E-state index in [1.165, 1.54) is 7.05 Å². The highest BCUT2D eigenvalue weighted by atomic mass is 32.2. The van der Waals surface area contributed by atoms with Gasteiger partial charge >= 0.3 is 16.3 Å². The summed E-state index contributed by atoms with van der Waals surface area (Å²) in [6.45, 7) is 0. The van der Waals surface area contributed by atoms with E-state index in [2.05, 4.69) is 0 Å². The summed E-state index contributed by atoms with van der Waals surface area (Å²) in [6.07, 6.45) is 0. The van der Waals surface area contributed by atoms with Gasteiger partial charge in [0.15, 0.2) is 0 Å². The molecule has 10 heavy (non-hydrogen) atoms. The largest absolute Gasteiger partial charge is 0.363 e. The Morgan fingerprint density at radius 2 is 2.00 bits per heavy atom. The fourth-order valence-corrected chi connectivity index (χ4v) is 0.563. The molecular formula is C3H8N2O4S. The van der Waals surface area contributed by atoms with E-state index in [0.717, 1.165) is 7.05 Å². The normalized spacial score (nSPS) is 10.7. The van der Waals surface area contributed by atoms with Crippen LogP contribution in [0.4, 0.5) is 4.79 Å². The van der Waals surface area contributed by atoms with E-state index in [0.29, 0.717) is 0 Å². The summed E-state index contributed by atoms with van der Waals surface area (Å²) in [4.78, 5) is 10.4. The van der Waals surface area contributed by atoms with Gasteiger partial charge in [-0.15, -0.1) is 0 Å². The lowest BCUT2D eigenvalue weighted by atomic mass is 11.0. The first kappa shape index (κ1) is 9.18. The molecule has 2 N–H and O–H groups in total. The molecule has 0 atom stereocenters. The quantitative estimate of drug-likeness (QED) is 0.495. The van der Waals surface area contributed by atoms with Crippen molar-refractivity contribution in [2.75, 3.05) is 14.1 Å². The van der Waals surface area contributed by atoms with Crippen molar-refractivity contribution in [1.29, 1.82) is 0 Å². The Morgan fingerprint density at radius 3 is 2.10 bits per heavy atom. The van der Waals surface area contributed by atoms with Crippen molar-refractivity contribution in [3.05, 3.63) is 0 Å². The van der Waals surface area contributed by atoms with Crippen molar-refractivity contribution in [2.24, 2.45) is 0 Å². The molecule has 60 valence electrons. The highest BCUT2D eigenvalue weighted by Crippen LogP contribution is 1.90. The van der Waals surface area contributed by atoms with Crippen LogP contribution in [0.25, 0.3) is 0 Å². The minimum Gasteiger partial charge on any atom is -0.340 e. The summed E-state index contributed by atoms with van der Waals surface area (Å²) in [5.74, 6) is 0. The van der Waals surface area contributed by atoms with Gasteiger partial charge < -0.3 is 5.32 Å². The molecule has 0 saturated heterocycles. The van der Waals surface area contributed by atoms with E-state index in [1.54, 1.807) is 0 Å². The second-order valence-corrected chi connectivity index (χ2v) is 2.94. The summed E-state index contributed by atoms with van der Waals surface area (Å²) < 4.78 is 28.7. The SMILES string of the molecule is CNC(=O)N(C)S(=O)(=O)O. The second kappa shape index (κ2) is 2.84. The molecule has 0 bridgehead atoms. The highest BCUT2D eigenvalue weighted by Gasteiger charge is 2.17. The van der Waals surface area contributed by atoms with Crippen LogP contribution >= 0.6 is 0 Å². The predicted octanol–water partition coefficient (Wildman–Crippen LogP) is -0.940. The second-order valence-electron chi connectivity index (χ2n) is 1.50. The summed E-state index contributed by atoms with van der Waals surface area (Å²) in [7, 11) is -2.20. The molecule has 0 heterocycles. The third kappa shape index (κ3) is 2.19. The molecule has 0 aliphatic heterocycles. The van der Waals surface area contributed by atoms with Gasteiger partial charge in [0.1, 0.15) is 0 Å². The van der Waals surface area contributed by atoms with Gasteiger partial charge in [-0.25, -0.2) is 9.10 Å². The van der Waals surface area contributed by atoms with Gasteiger partial charge in [0.25, 0.3) is 0 Å². The van der Waals surface area contributed by atoms with Gasteiger partial charge in [-0.2, -0.15) is 8.42 Å². The molecule has 0 aliphatic carbocycles. The van der Waals surface area contributed by atoms with Crippen molar-refractivity contribution in [3.8, 4) is 0 Å². The van der Waals surface area contributed by atoms with Gasteiger partial charge in [0.2, 0.25) is 0 Å². The smallest absolute Gasteiger partial charge is 0.340 e. The van der Waals surface area contributed by atoms with Crippen LogP contribution in [0.2, 0.25) is 0 Å². The molecule has 0 saturated carbocycles. The van der Waals surface area contributed by atoms with Gasteiger partial charge in [-0.1, -0.05) is 0 Å². The number of carbonyl (C=O) groups excluding carboxylic acids is 1. The summed E-state index contributed by atoms with van der Waals surface area (Å²) in [6, 6.07) is -0.887. The number of nitrogens with zero attached hydrogens (tertiary/aromatic N) is 1. The van der Waals surface area contributed by atoms with E-state index in [4.69, 9.17) is 4.55 Å². The van der Waals surface area contributed by atoms with Gasteiger partial charge in [-0.05, 0) is 0 Å². The fraction of sp³-hybridized carbons (Fsp3) is 0.667. The Kier molecular flexibility index (Phi) is 2.61. The minimum absolute atomic E-state index is 0.188. The molecule has 0 unspecified atom stereocenters. The Bertz CT molecular complexity index is 221. The third-order valence-corrected chi connectivity index (χ3v) is 1.70. The first-order chi connectivity index (χ1) is 4.39. The minimum atomic E-state index is -4.39. The molecule has 6 nitrogen and oxygen atoms in total. The van der Waals surface area contributed by atoms with Crippen LogP contribution in [0, 0.1) is 0 Å². The Labute approximate surface area is 58.7 Å². The first-order valence-corrected chi connectivity index (χ1v) is 3.72. The van der Waals surface area contributed by atoms with Crippen LogP contribution in [0.15, 0.2) is 0 Å². The zero-order valence-corrected chi connectivity index (χ0v) is 6.34. The molecular weight excluding hydrogens is 160 g/mol. The van der Waals surface area contributed by atoms with E-state index < -0.39 is 16.3 Å². The monoisotopic (exact) mass is 168 g/mol. The standard InChI is InChI=1S/C3H8N2O4S/c1-4-3(6)5(2)10(7,8)9/h1-2H3,(H,4,6)(H,7,8,9). The van der Waals surface area contributed by atoms with Crippen LogP contribution in [-0.2, 0) is 10.3 Å². The molecule has 0 rings (SSSR count). The Morgan fingerprint density at radius 1 is 1.60 bits per heavy atom. The predicted molar refractivity (Wildman–Crippen MR) is 33.8 cm³/mol. The van der Waals surface area contributed by atoms with Crippen LogP contribution < -0.4 is 5.32 Å². The van der Waals surface area contributed by atoms with E-state index in [1.807, 2.05) is 5.32 Å². The van der Waals surface area contributed by atoms with Crippen molar-refractivity contribution in [1.82, 2.24) is 9.62 Å². The fourth-order valence-electron chi connectivity index (χ4n) is 0.262. The zero-order chi connectivity index (χ0) is 8.36. The first-order valence-electron chi connectivity index (χ1n) is 2.32. The third-order valence-electron chi connectivity index (χ3n) is 0.846. The topological polar surface area (TPSA) is 86.7 Å². The van der Waals surface area contributed by atoms with E-state index in [-0.39, 0.29) is 4.31 Å². The average molecular weight is 168 g/mol. The van der Waals surface area contributed by atoms with Gasteiger partial charge in [-0.3, -0.25) is 4.55 Å². The molecule has 0 radical (unpaired) electrons. The maximum absolute atomic E-state index is 10.4. The molecule has 0 aromatic carbocycles. The van der Waals surface area contributed by atoms with Gasteiger partial charge in [0.05, 0.1) is 0 Å². The summed E-state index contributed by atoms with van der Waals surface area (Å²) in [5, 5.41) is 2.02. The lowest BCUT2D eigenvalue weighted by molar-refractivity contribution is 0.227. The maximum atomic E-state index is 10.4. The zero-order valence-electron chi connectivity index (χ0n) is 5.53. The molecule has 2 amide bonds. The molecule has 0 aromatic rings. The van der Waals surface area contributed by atoms with Crippen molar-refractivity contribution in [2.45, 2.75) is 0 Å². The molecule has 0 spiro atoms. The Balaban J connectivity index is 4.39. The molecule has 0 fully saturated rings. The highest BCUT2D eigenvalue weighted by molar-refractivity contribution is 7.83. The van der Waals surface area contributed by atoms with Crippen LogP contribution in [-0.4, -0.2) is 37.4 Å². The van der Waals surface area contributed by atoms with Crippen LogP contribution in [0.1, 0.15) is 0 Å². The summed E-state index contributed by atoms with van der Waals surface area (Å²) >= 11 is 0. The number of hydrogen-bond acceptors (Lipinski definition) is 3. The number of nitrogens with one attached hydrogen (secondary N) is 1. The lowest BCUT2D eigenvalue weighted by Gasteiger charge is -2.10. The summed E-state index contributed by atoms with van der Waals surface area (Å²) in [5.41, 5.74) is 0. The maximum Gasteiger partial charge on any atom is 0.363 e. The molecule has 0 aromatic heterocycles. The number of hydrogen-bond donors (Lipinski definition) is 2. The number of amides is 2.